The van der Waals surface area contributed by atoms with Crippen LogP contribution < -0.4 is 0 Å². The zero-order valence-electron chi connectivity index (χ0n) is 98.3. The molecule has 11 rings (SSSR count). The van der Waals surface area contributed by atoms with Crippen LogP contribution in [0.15, 0.2) is 21.8 Å². The number of ether oxygens (including phenoxy) is 19. The molecule has 0 amide bonds. The summed E-state index contributed by atoms with van der Waals surface area (Å²) >= 11 is 5.50. The fourth-order valence-electron chi connectivity index (χ4n) is 24.4. The second kappa shape index (κ2) is 53.1. The number of aliphatic hydroxyl groups is 9. The molecule has 11 heterocycles. The van der Waals surface area contributed by atoms with Gasteiger partial charge in [-0.25, -0.2) is 0 Å². The Morgan fingerprint density at radius 2 is 0.673 bits per heavy atom. The zero-order valence-corrected chi connectivity index (χ0v) is 101. The molecule has 0 aliphatic carbocycles. The Kier molecular flexibility index (Phi) is 46.7. The average molecular weight is 2270 g/mol. The van der Waals surface area contributed by atoms with E-state index in [1.165, 1.54) is 14.2 Å². The van der Waals surface area contributed by atoms with Crippen molar-refractivity contribution in [2.75, 3.05) is 63.6 Å². The summed E-state index contributed by atoms with van der Waals surface area (Å²) in [6.07, 6.45) is -21.5. The predicted molar refractivity (Wildman–Crippen MR) is 570 cm³/mol. The molecule has 0 aromatic carbocycles. The maximum absolute atomic E-state index is 14.2. The van der Waals surface area contributed by atoms with E-state index in [4.69, 9.17) is 94.4 Å². The van der Waals surface area contributed by atoms with Gasteiger partial charge in [-0.3, -0.25) is 19.2 Å². The summed E-state index contributed by atoms with van der Waals surface area (Å²) in [6.45, 7) is 63.6. The smallest absolute Gasteiger partial charge is 0.311 e. The van der Waals surface area contributed by atoms with Gasteiger partial charge < -0.3 is 155 Å². The number of nitrogens with zero attached hydrogens (tertiary/aromatic N) is 3. The van der Waals surface area contributed by atoms with Gasteiger partial charge in [0.2, 0.25) is 0 Å². The minimum Gasteiger partial charge on any atom is -0.491 e. The lowest BCUT2D eigenvalue weighted by molar-refractivity contribution is -0.315. The van der Waals surface area contributed by atoms with Crippen molar-refractivity contribution < 1.29 is 160 Å². The van der Waals surface area contributed by atoms with Crippen molar-refractivity contribution in [3.8, 4) is 0 Å². The summed E-state index contributed by atoms with van der Waals surface area (Å²) in [4.78, 5) is 62.2. The number of fused-ring (bicyclic) bond motifs is 4. The molecule has 8 fully saturated rings. The van der Waals surface area contributed by atoms with Gasteiger partial charge in [0.1, 0.15) is 96.3 Å². The van der Waals surface area contributed by atoms with Gasteiger partial charge >= 0.3 is 17.9 Å². The maximum atomic E-state index is 14.2. The average Bonchev–Trinajstić information content (AvgIpc) is 1.68. The van der Waals surface area contributed by atoms with E-state index in [9.17, 15) is 65.1 Å². The molecule has 150 heavy (non-hydrogen) atoms. The number of halogens is 2. The van der Waals surface area contributed by atoms with Crippen molar-refractivity contribution in [1.29, 1.82) is 0 Å². The van der Waals surface area contributed by atoms with Crippen molar-refractivity contribution in [1.82, 2.24) is 14.7 Å². The number of rotatable bonds is 18. The lowest BCUT2D eigenvalue weighted by Crippen LogP contribution is -2.60. The highest BCUT2D eigenvalue weighted by Crippen LogP contribution is 2.53. The predicted octanol–water partition coefficient (Wildman–Crippen LogP) is 13.6. The van der Waals surface area contributed by atoms with Crippen molar-refractivity contribution >= 4 is 51.9 Å². The zero-order chi connectivity index (χ0) is 114. The Hall–Kier alpha value is -3.22. The van der Waals surface area contributed by atoms with Crippen LogP contribution in [0.5, 0.6) is 0 Å². The van der Waals surface area contributed by atoms with E-state index in [-0.39, 0.29) is 73.3 Å². The molecule has 872 valence electrons. The van der Waals surface area contributed by atoms with E-state index >= 15 is 0 Å². The first-order valence-corrected chi connectivity index (χ1v) is 58.3. The fraction of sp³-hybridized carbons (Fsp3) is 0.911. The standard InChI is InChI=1S/C39H71NO11.C37H65NO11.C36H61NO11.Br2/c1-19-17-27(40(14)15)30(42)36(47-19)51-34-22(4)31(50-28-18-39(13,46-16)33(44)25(7)48-28)23(5)35(45)49-26(8)38(11,12)32(43)21(3)29(41)20(2)24(6)37(34,9)10;1-17-15-25(38(12)13)27(39)35(44-17)49-31-20(4)29(47-26-16-37(11,43-14)33(41)23(7)45-26)22(6)34(42)46-24(8)36(9,10)32(40)21(5)28-18(2)19(3)30(31)48-28;1-17-14-25-30(48-34-27(38)24(37(11)12)15-18(2)43-34)19(3)29(47-26-16-36(10,42-13)32(40)22(6)44-26)21(5)33(41)45-23(7)35(8,9)31(39)20(4)28(17)46-25;1-2/h19-28,30-34,36,42-44H,17-18H2,1-16H3;17,19-27,29-33,35,39-41H,15-16H2,1-14H3;14,18-24,26-27,29-32,34,38-40H,15-16H2,1-13H3;/t19-,20-,21+,22+,23-,24?,25+,26?,27?,28?,30?,31?,32?,33?,34?,36?,39-;17-,19?,20+,21+,22-,23+,24?,25?,26?,27?,29?,30?,31?,32?,33?,35?,37-;18-,19+,20+,21-,22+,23?,24?,26?,27?,29?,30?,31?,32?,34?,36-;/m111./s1. The summed E-state index contributed by atoms with van der Waals surface area (Å²) in [5, 5.41) is 102. The number of carbonyl (C=O) groups excluding carboxylic acids is 4. The second-order valence-electron chi connectivity index (χ2n) is 49.8. The molecule has 10 aliphatic heterocycles. The van der Waals surface area contributed by atoms with E-state index < -0.39 is 288 Å². The summed E-state index contributed by atoms with van der Waals surface area (Å²) in [6, 6.07) is 1.25. The molecule has 10 aliphatic rings. The van der Waals surface area contributed by atoms with Crippen LogP contribution in [0.1, 0.15) is 296 Å². The molecule has 0 spiro atoms. The number of aliphatic hydroxyl groups excluding tert-OH is 9. The van der Waals surface area contributed by atoms with E-state index in [2.05, 4.69) is 35.2 Å². The van der Waals surface area contributed by atoms with Crippen LogP contribution >= 0.6 is 28.3 Å². The van der Waals surface area contributed by atoms with E-state index in [0.717, 1.165) is 11.1 Å². The van der Waals surface area contributed by atoms with Gasteiger partial charge in [0.25, 0.3) is 0 Å². The van der Waals surface area contributed by atoms with E-state index in [1.807, 2.05) is 195 Å². The number of aryl methyl sites for hydroxylation is 1. The summed E-state index contributed by atoms with van der Waals surface area (Å²) < 4.78 is 127. The number of cyclic esters (lactones) is 3. The first-order chi connectivity index (χ1) is 69.2. The van der Waals surface area contributed by atoms with Crippen molar-refractivity contribution in [2.24, 2.45) is 86.8 Å². The van der Waals surface area contributed by atoms with Gasteiger partial charge in [0.15, 0.2) is 37.7 Å². The van der Waals surface area contributed by atoms with Crippen LogP contribution in [0.25, 0.3) is 0 Å². The molecule has 4 bridgehead atoms. The Morgan fingerprint density at radius 1 is 0.353 bits per heavy atom. The van der Waals surface area contributed by atoms with Crippen molar-refractivity contribution in [3.05, 3.63) is 34.5 Å². The van der Waals surface area contributed by atoms with Crippen molar-refractivity contribution in [3.63, 3.8) is 0 Å². The minimum absolute atomic E-state index is 0.100. The first-order valence-electron chi connectivity index (χ1n) is 54.6. The summed E-state index contributed by atoms with van der Waals surface area (Å²) in [5.41, 5.74) is -4.43. The molecule has 1 aromatic rings. The number of carbonyl (C=O) groups is 4. The summed E-state index contributed by atoms with van der Waals surface area (Å²) in [5.74, 6) is -6.57. The molecular weight excluding hydrogens is 2080 g/mol. The van der Waals surface area contributed by atoms with Crippen molar-refractivity contribution in [2.45, 2.75) is 505 Å². The third-order valence-corrected chi connectivity index (χ3v) is 37.2. The van der Waals surface area contributed by atoms with Crippen LogP contribution in [-0.4, -0.2) is 367 Å². The number of Topliss-reactive ketones (excluding diaryl/α,β-unsaturated/α-hetero) is 1. The molecular formula is C112H197Br2N3O33. The highest BCUT2D eigenvalue weighted by Gasteiger charge is 2.60. The Labute approximate surface area is 910 Å². The largest absolute Gasteiger partial charge is 0.491 e. The van der Waals surface area contributed by atoms with E-state index in [1.54, 1.807) is 104 Å². The minimum atomic E-state index is -1.09. The lowest BCUT2D eigenvalue weighted by atomic mass is 9.63. The SMILES string of the molecule is BrBr.CO[C@]1(C)CC(OC2[C@H](C)C(OC3O[C@H](C)CC(N(C)C)C3O)C(C)(C)C(C)[C@@H](C)C(=O)[C@H](C)C(O)C(C)(C)C(C)OC(=O)[C@@H]2C)O[C@@H](C)C1O.CO[C@]1(C)CC(OC2[C@H](C)C(OC3O[C@H](C)CC(N(C)C)C3O)C3OC(=C(C)C3C)[C@H](C)C(O)C(C)(C)C(C)OC(=O)[C@@H]2C)O[C@@H](C)C1O.CO[C@]1(C)CC(OC2[C@H](C)C(OC3O[C@H](C)CC(N(C)C)C3O)c3cc(C)c(o3)[C@H](C)C(O)C(C)(C)C(C)OC(=O)[C@@H]2C)O[C@@H](C)C1O. The topological polar surface area (TPSA) is 449 Å². The monoisotopic (exact) mass is 2270 g/mol. The summed E-state index contributed by atoms with van der Waals surface area (Å²) in [7, 11) is 16.1. The molecule has 9 N–H and O–H groups in total. The van der Waals surface area contributed by atoms with Crippen LogP contribution in [0, 0.1) is 93.7 Å². The fourth-order valence-corrected chi connectivity index (χ4v) is 24.4. The molecule has 8 saturated heterocycles. The number of likely N-dealkylation sites (N-methyl/N-ethyl adjacent to an activating group) is 3. The molecule has 1 aromatic heterocycles. The molecule has 49 atom stereocenters. The van der Waals surface area contributed by atoms with Gasteiger partial charge in [-0.15, -0.1) is 0 Å². The molecule has 38 heteroatoms. The molecule has 36 nitrogen and oxygen atoms in total. The number of methoxy groups -OCH3 is 3. The van der Waals surface area contributed by atoms with Gasteiger partial charge in [-0.2, -0.15) is 0 Å². The Morgan fingerprint density at radius 3 is 1.02 bits per heavy atom. The Balaban J connectivity index is 0.000000272. The lowest BCUT2D eigenvalue weighted by Gasteiger charge is -2.51. The normalized spacial score (nSPS) is 46.2. The third kappa shape index (κ3) is 28.7. The number of furan rings is 1. The number of hydrogen-bond acceptors (Lipinski definition) is 36. The molecule has 0 saturated carbocycles. The first kappa shape index (κ1) is 132. The van der Waals surface area contributed by atoms with Crippen LogP contribution in [0.3, 0.4) is 0 Å². The number of esters is 3. The highest BCUT2D eigenvalue weighted by molar-refractivity contribution is 9.93. The van der Waals surface area contributed by atoms with Crippen LogP contribution in [0.2, 0.25) is 0 Å². The van der Waals surface area contributed by atoms with Gasteiger partial charge in [-0.05, 0) is 208 Å². The van der Waals surface area contributed by atoms with Crippen LogP contribution in [-0.2, 0) is 109 Å². The molecule has 30 unspecified atom stereocenters. The van der Waals surface area contributed by atoms with Gasteiger partial charge in [0, 0.05) is 151 Å². The van der Waals surface area contributed by atoms with Gasteiger partial charge in [0.05, 0.1) is 114 Å². The third-order valence-electron chi connectivity index (χ3n) is 37.2. The van der Waals surface area contributed by atoms with Crippen LogP contribution in [0.4, 0.5) is 0 Å². The molecule has 0 radical (unpaired) electrons. The number of ketones is 1. The van der Waals surface area contributed by atoms with E-state index in [0.29, 0.717) is 36.5 Å². The highest BCUT2D eigenvalue weighted by atomic mass is 80.9. The number of hydrogen-bond donors (Lipinski definition) is 9. The maximum Gasteiger partial charge on any atom is 0.311 e. The van der Waals surface area contributed by atoms with Gasteiger partial charge in [-0.1, -0.05) is 118 Å². The Bertz CT molecular complexity index is 4470. The quantitative estimate of drug-likeness (QED) is 0.0487. The second-order valence-corrected chi connectivity index (χ2v) is 49.8.